The molecule has 0 saturated heterocycles. The molecular weight excluding hydrogens is 429 g/mol. The fraction of sp³-hybridized carbons (Fsp3) is 0.154. The molecule has 33 heavy (non-hydrogen) atoms. The van der Waals surface area contributed by atoms with Crippen molar-refractivity contribution in [2.75, 3.05) is 18.0 Å². The molecule has 4 nitrogen and oxygen atoms in total. The highest BCUT2D eigenvalue weighted by molar-refractivity contribution is 6.21. The summed E-state index contributed by atoms with van der Waals surface area (Å²) in [6, 6.07) is 23.0. The van der Waals surface area contributed by atoms with Gasteiger partial charge in [-0.25, -0.2) is 0 Å². The van der Waals surface area contributed by atoms with Crippen molar-refractivity contribution in [3.63, 3.8) is 0 Å². The van der Waals surface area contributed by atoms with Gasteiger partial charge in [-0.05, 0) is 35.4 Å². The van der Waals surface area contributed by atoms with Gasteiger partial charge in [-0.2, -0.15) is 13.2 Å². The molecule has 1 heterocycles. The fourth-order valence-electron chi connectivity index (χ4n) is 3.92. The maximum atomic E-state index is 13.3. The van der Waals surface area contributed by atoms with E-state index in [-0.39, 0.29) is 30.7 Å². The zero-order chi connectivity index (χ0) is 23.4. The Labute approximate surface area is 189 Å². The van der Waals surface area contributed by atoms with Gasteiger partial charge in [-0.15, -0.1) is 0 Å². The molecule has 2 amide bonds. The average molecular weight is 450 g/mol. The molecule has 7 heteroatoms. The average Bonchev–Trinajstić information content (AvgIpc) is 3.16. The summed E-state index contributed by atoms with van der Waals surface area (Å²) in [6.45, 7) is 0.204. The lowest BCUT2D eigenvalue weighted by Crippen LogP contribution is -2.37. The second-order valence-electron chi connectivity index (χ2n) is 7.65. The summed E-state index contributed by atoms with van der Waals surface area (Å²) in [5, 5.41) is 0. The summed E-state index contributed by atoms with van der Waals surface area (Å²) in [5.74, 6) is -0.190. The number of nitrogens with zero attached hydrogens (tertiary/aromatic N) is 2. The number of halogens is 3. The number of hydrogen-bond acceptors (Lipinski definition) is 2. The first-order valence-corrected chi connectivity index (χ1v) is 10.4. The predicted molar refractivity (Wildman–Crippen MR) is 120 cm³/mol. The topological polar surface area (TPSA) is 40.6 Å². The number of rotatable bonds is 7. The van der Waals surface area contributed by atoms with Crippen molar-refractivity contribution in [1.29, 1.82) is 0 Å². The molecule has 1 unspecified atom stereocenters. The number of anilines is 1. The van der Waals surface area contributed by atoms with Crippen molar-refractivity contribution in [1.82, 2.24) is 4.90 Å². The number of hydrogen-bond donors (Lipinski definition) is 0. The third-order valence-corrected chi connectivity index (χ3v) is 5.59. The van der Waals surface area contributed by atoms with E-state index in [2.05, 4.69) is 0 Å². The lowest BCUT2D eigenvalue weighted by molar-refractivity contribution is -0.137. The van der Waals surface area contributed by atoms with Crippen molar-refractivity contribution in [3.05, 3.63) is 108 Å². The molecule has 0 saturated carbocycles. The minimum atomic E-state index is -4.51. The second-order valence-corrected chi connectivity index (χ2v) is 7.65. The van der Waals surface area contributed by atoms with Gasteiger partial charge in [0.1, 0.15) is 0 Å². The fourth-order valence-corrected chi connectivity index (χ4v) is 3.92. The van der Waals surface area contributed by atoms with Crippen LogP contribution in [0.4, 0.5) is 18.9 Å². The van der Waals surface area contributed by atoms with Crippen LogP contribution in [0.3, 0.4) is 0 Å². The third-order valence-electron chi connectivity index (χ3n) is 5.59. The summed E-state index contributed by atoms with van der Waals surface area (Å²) < 4.78 is 39.3. The second kappa shape index (κ2) is 9.32. The maximum absolute atomic E-state index is 13.3. The van der Waals surface area contributed by atoms with Gasteiger partial charge in [-0.3, -0.25) is 9.59 Å². The van der Waals surface area contributed by atoms with Crippen LogP contribution in [0.2, 0.25) is 0 Å². The Morgan fingerprint density at radius 1 is 0.909 bits per heavy atom. The Bertz CT molecular complexity index is 1160. The highest BCUT2D eigenvalue weighted by atomic mass is 19.4. The molecule has 4 rings (SSSR count). The molecule has 0 spiro atoms. The van der Waals surface area contributed by atoms with E-state index >= 15 is 0 Å². The first-order valence-electron chi connectivity index (χ1n) is 10.4. The standard InChI is InChI=1S/C26H21F3N2O2/c27-26(28,29)21-12-7-13-22(16-21)30(18-32)14-15-31-24(20-10-5-2-6-11-20)17-23(25(31)33)19-8-3-1-4-9-19/h1-13,16-18,24H,14-15H2. The molecule has 0 fully saturated rings. The monoisotopic (exact) mass is 450 g/mol. The summed E-state index contributed by atoms with van der Waals surface area (Å²) >= 11 is 0. The minimum absolute atomic E-state index is 0.0514. The van der Waals surface area contributed by atoms with Crippen LogP contribution in [-0.4, -0.2) is 30.3 Å². The molecule has 0 aliphatic carbocycles. The van der Waals surface area contributed by atoms with Gasteiger partial charge in [0.15, 0.2) is 0 Å². The third kappa shape index (κ3) is 4.82. The molecule has 1 aliphatic rings. The summed E-state index contributed by atoms with van der Waals surface area (Å²) in [6.07, 6.45) is -2.13. The molecule has 0 N–H and O–H groups in total. The predicted octanol–water partition coefficient (Wildman–Crippen LogP) is 5.34. The zero-order valence-corrected chi connectivity index (χ0v) is 17.6. The van der Waals surface area contributed by atoms with Gasteiger partial charge in [0.05, 0.1) is 11.6 Å². The van der Waals surface area contributed by atoms with Crippen LogP contribution in [0.25, 0.3) is 5.57 Å². The van der Waals surface area contributed by atoms with Crippen LogP contribution >= 0.6 is 0 Å². The molecule has 1 aliphatic heterocycles. The molecule has 3 aromatic carbocycles. The van der Waals surface area contributed by atoms with Crippen molar-refractivity contribution in [2.45, 2.75) is 12.2 Å². The molecule has 0 bridgehead atoms. The van der Waals surface area contributed by atoms with E-state index in [9.17, 15) is 22.8 Å². The number of alkyl halides is 3. The zero-order valence-electron chi connectivity index (χ0n) is 17.6. The molecule has 1 atom stereocenters. The van der Waals surface area contributed by atoms with Crippen molar-refractivity contribution in [3.8, 4) is 0 Å². The molecular formula is C26H21F3N2O2. The van der Waals surface area contributed by atoms with Gasteiger partial charge in [0, 0.05) is 24.4 Å². The SMILES string of the molecule is O=CN(CCN1C(=O)C(c2ccccc2)=CC1c1ccccc1)c1cccc(C(F)(F)F)c1. The highest BCUT2D eigenvalue weighted by Gasteiger charge is 2.34. The van der Waals surface area contributed by atoms with Gasteiger partial charge >= 0.3 is 6.18 Å². The van der Waals surface area contributed by atoms with Gasteiger partial charge < -0.3 is 9.80 Å². The van der Waals surface area contributed by atoms with Crippen LogP contribution < -0.4 is 4.90 Å². The number of amides is 2. The Hall–Kier alpha value is -3.87. The van der Waals surface area contributed by atoms with Crippen LogP contribution in [0.1, 0.15) is 22.7 Å². The first-order chi connectivity index (χ1) is 15.9. The van der Waals surface area contributed by atoms with Crippen molar-refractivity contribution in [2.24, 2.45) is 0 Å². The highest BCUT2D eigenvalue weighted by Crippen LogP contribution is 2.36. The number of benzene rings is 3. The Morgan fingerprint density at radius 2 is 1.58 bits per heavy atom. The van der Waals surface area contributed by atoms with E-state index in [1.807, 2.05) is 66.7 Å². The number of carbonyl (C=O) groups is 2. The van der Waals surface area contributed by atoms with Crippen LogP contribution in [0.15, 0.2) is 91.0 Å². The van der Waals surface area contributed by atoms with Crippen LogP contribution in [-0.2, 0) is 15.8 Å². The largest absolute Gasteiger partial charge is 0.416 e. The summed E-state index contributed by atoms with van der Waals surface area (Å²) in [5.41, 5.74) is 1.55. The van der Waals surface area contributed by atoms with Gasteiger partial charge in [0.2, 0.25) is 6.41 Å². The quantitative estimate of drug-likeness (QED) is 0.456. The molecule has 0 radical (unpaired) electrons. The molecule has 168 valence electrons. The Kier molecular flexibility index (Phi) is 6.31. The van der Waals surface area contributed by atoms with Crippen molar-refractivity contribution < 1.29 is 22.8 Å². The van der Waals surface area contributed by atoms with Gasteiger partial charge in [-0.1, -0.05) is 66.7 Å². The van der Waals surface area contributed by atoms with Crippen LogP contribution in [0, 0.1) is 0 Å². The first kappa shape index (κ1) is 22.3. The van der Waals surface area contributed by atoms with Gasteiger partial charge in [0.25, 0.3) is 5.91 Å². The van der Waals surface area contributed by atoms with E-state index in [1.165, 1.54) is 17.0 Å². The lowest BCUT2D eigenvalue weighted by Gasteiger charge is -2.28. The van der Waals surface area contributed by atoms with E-state index in [4.69, 9.17) is 0 Å². The maximum Gasteiger partial charge on any atom is 0.416 e. The minimum Gasteiger partial charge on any atom is -0.326 e. The normalized spacial score (nSPS) is 16.0. The molecule has 0 aromatic heterocycles. The van der Waals surface area contributed by atoms with E-state index in [0.717, 1.165) is 23.3 Å². The molecule has 3 aromatic rings. The summed E-state index contributed by atoms with van der Waals surface area (Å²) in [7, 11) is 0. The van der Waals surface area contributed by atoms with E-state index in [1.54, 1.807) is 4.90 Å². The van der Waals surface area contributed by atoms with E-state index in [0.29, 0.717) is 12.0 Å². The Balaban J connectivity index is 1.59. The summed E-state index contributed by atoms with van der Waals surface area (Å²) in [4.78, 5) is 27.9. The van der Waals surface area contributed by atoms with Crippen LogP contribution in [0.5, 0.6) is 0 Å². The smallest absolute Gasteiger partial charge is 0.326 e. The van der Waals surface area contributed by atoms with Crippen molar-refractivity contribution >= 4 is 23.6 Å². The lowest BCUT2D eigenvalue weighted by atomic mass is 10.0. The number of carbonyl (C=O) groups excluding carboxylic acids is 2. The Morgan fingerprint density at radius 3 is 2.21 bits per heavy atom. The van der Waals surface area contributed by atoms with E-state index < -0.39 is 11.7 Å².